The molecule has 1 unspecified atom stereocenters. The maximum atomic E-state index is 13.0. The molecule has 2 aromatic rings. The summed E-state index contributed by atoms with van der Waals surface area (Å²) in [7, 11) is -4.11. The summed E-state index contributed by atoms with van der Waals surface area (Å²) in [4.78, 5) is 15.4. The molecule has 0 spiro atoms. The summed E-state index contributed by atoms with van der Waals surface area (Å²) in [6.07, 6.45) is 5.02. The van der Waals surface area contributed by atoms with Gasteiger partial charge in [0.25, 0.3) is 15.9 Å². The van der Waals surface area contributed by atoms with E-state index in [0.717, 1.165) is 18.3 Å². The molecule has 0 radical (unpaired) electrons. The second-order valence-electron chi connectivity index (χ2n) is 5.77. The van der Waals surface area contributed by atoms with Gasteiger partial charge in [0.05, 0.1) is 16.1 Å². The number of carbonyl (C=O) groups is 1. The van der Waals surface area contributed by atoms with Crippen molar-refractivity contribution in [1.82, 2.24) is 9.71 Å². The minimum absolute atomic E-state index is 0.0992. The van der Waals surface area contributed by atoms with E-state index in [9.17, 15) is 17.6 Å². The number of nitrogens with zero attached hydrogens (tertiary/aromatic N) is 1. The summed E-state index contributed by atoms with van der Waals surface area (Å²) < 4.78 is 45.3. The number of benzene rings is 1. The van der Waals surface area contributed by atoms with E-state index in [2.05, 4.69) is 4.98 Å². The van der Waals surface area contributed by atoms with Gasteiger partial charge in [0.1, 0.15) is 17.7 Å². The Kier molecular flexibility index (Phi) is 4.97. The number of carbonyl (C=O) groups excluding carboxylic acids is 1. The van der Waals surface area contributed by atoms with E-state index in [1.54, 1.807) is 0 Å². The normalized spacial score (nSPS) is 16.3. The van der Waals surface area contributed by atoms with E-state index in [0.29, 0.717) is 23.3 Å². The van der Waals surface area contributed by atoms with Gasteiger partial charge in [-0.05, 0) is 36.8 Å². The fourth-order valence-electron chi connectivity index (χ4n) is 2.53. The number of aromatic nitrogens is 1. The quantitative estimate of drug-likeness (QED) is 0.803. The first-order chi connectivity index (χ1) is 12.2. The number of hydrogen-bond acceptors (Lipinski definition) is 5. The van der Waals surface area contributed by atoms with E-state index in [4.69, 9.17) is 16.3 Å². The maximum Gasteiger partial charge on any atom is 0.264 e. The number of sulfonamides is 1. The topological polar surface area (TPSA) is 85.4 Å². The predicted molar refractivity (Wildman–Crippen MR) is 93.8 cm³/mol. The number of fused-ring (bicyclic) bond motifs is 1. The molecule has 136 valence electrons. The largest absolute Gasteiger partial charge is 0.489 e. The van der Waals surface area contributed by atoms with Crippen LogP contribution in [0.1, 0.15) is 18.1 Å². The average Bonchev–Trinajstić information content (AvgIpc) is 2.94. The van der Waals surface area contributed by atoms with E-state index < -0.39 is 21.7 Å². The number of hydrogen-bond donors (Lipinski definition) is 1. The molecule has 9 heteroatoms. The molecule has 0 bridgehead atoms. The van der Waals surface area contributed by atoms with Gasteiger partial charge in [-0.15, -0.1) is 0 Å². The molecule has 1 aliphatic heterocycles. The molecule has 26 heavy (non-hydrogen) atoms. The zero-order chi connectivity index (χ0) is 18.9. The molecular weight excluding hydrogens is 383 g/mol. The van der Waals surface area contributed by atoms with Crippen molar-refractivity contribution in [3.05, 3.63) is 58.6 Å². The summed E-state index contributed by atoms with van der Waals surface area (Å²) >= 11 is 6.08. The molecule has 1 aromatic heterocycles. The Bertz CT molecular complexity index is 1010. The molecule has 1 aromatic carbocycles. The zero-order valence-electron chi connectivity index (χ0n) is 13.6. The van der Waals surface area contributed by atoms with Crippen molar-refractivity contribution >= 4 is 33.6 Å². The summed E-state index contributed by atoms with van der Waals surface area (Å²) in [6, 6.07) is 3.82. The Morgan fingerprint density at radius 3 is 2.88 bits per heavy atom. The van der Waals surface area contributed by atoms with Crippen molar-refractivity contribution in [2.24, 2.45) is 0 Å². The highest BCUT2D eigenvalue weighted by Crippen LogP contribution is 2.37. The fraction of sp³-hybridized carbons (Fsp3) is 0.176. The lowest BCUT2D eigenvalue weighted by atomic mass is 10.1. The average molecular weight is 397 g/mol. The first-order valence-electron chi connectivity index (χ1n) is 7.59. The maximum absolute atomic E-state index is 13.0. The van der Waals surface area contributed by atoms with Gasteiger partial charge >= 0.3 is 0 Å². The molecule has 2 heterocycles. The minimum atomic E-state index is -4.11. The Balaban J connectivity index is 1.78. The summed E-state index contributed by atoms with van der Waals surface area (Å²) in [5, 5.41) is 0.168. The molecule has 1 atom stereocenters. The second kappa shape index (κ2) is 7.05. The Morgan fingerprint density at radius 2 is 2.15 bits per heavy atom. The SMILES string of the molecule is CC1Cc2cc(S(=O)(=O)NC(=O)C=Cc3cncc(F)c3)cc(Cl)c2O1. The smallest absolute Gasteiger partial charge is 0.264 e. The van der Waals surface area contributed by atoms with Gasteiger partial charge in [-0.1, -0.05) is 11.6 Å². The van der Waals surface area contributed by atoms with E-state index in [1.807, 2.05) is 11.6 Å². The van der Waals surface area contributed by atoms with Gasteiger partial charge in [0.2, 0.25) is 0 Å². The lowest BCUT2D eigenvalue weighted by molar-refractivity contribution is -0.114. The van der Waals surface area contributed by atoms with Crippen LogP contribution in [0.15, 0.2) is 41.6 Å². The van der Waals surface area contributed by atoms with Crippen molar-refractivity contribution in [1.29, 1.82) is 0 Å². The van der Waals surface area contributed by atoms with Crippen molar-refractivity contribution in [3.63, 3.8) is 0 Å². The third-order valence-corrected chi connectivity index (χ3v) is 5.23. The van der Waals surface area contributed by atoms with Gasteiger partial charge < -0.3 is 4.74 Å². The van der Waals surface area contributed by atoms with Crippen LogP contribution in [0.2, 0.25) is 5.02 Å². The standard InChI is InChI=1S/C17H14ClFN2O4S/c1-10-4-12-6-14(7-15(18)17(12)25-10)26(23,24)21-16(22)3-2-11-5-13(19)9-20-8-11/h2-3,5-10H,4H2,1H3,(H,21,22). The molecule has 1 aliphatic rings. The lowest BCUT2D eigenvalue weighted by Crippen LogP contribution is -2.29. The van der Waals surface area contributed by atoms with Crippen molar-refractivity contribution in [2.45, 2.75) is 24.3 Å². The number of halogens is 2. The van der Waals surface area contributed by atoms with Gasteiger partial charge in [0.15, 0.2) is 0 Å². The molecule has 6 nitrogen and oxygen atoms in total. The number of amides is 1. The van der Waals surface area contributed by atoms with Crippen molar-refractivity contribution in [3.8, 4) is 5.75 Å². The van der Waals surface area contributed by atoms with Crippen LogP contribution in [0.3, 0.4) is 0 Å². The van der Waals surface area contributed by atoms with E-state index >= 15 is 0 Å². The number of nitrogens with one attached hydrogen (secondary N) is 1. The molecule has 0 fully saturated rings. The van der Waals surface area contributed by atoms with Crippen LogP contribution < -0.4 is 9.46 Å². The van der Waals surface area contributed by atoms with Crippen molar-refractivity contribution in [2.75, 3.05) is 0 Å². The Labute approximate surface area is 154 Å². The summed E-state index contributed by atoms with van der Waals surface area (Å²) in [6.45, 7) is 1.85. The van der Waals surface area contributed by atoms with Crippen LogP contribution in [0, 0.1) is 5.82 Å². The van der Waals surface area contributed by atoms with Gasteiger partial charge in [-0.3, -0.25) is 9.78 Å². The van der Waals surface area contributed by atoms with E-state index in [-0.39, 0.29) is 16.0 Å². The van der Waals surface area contributed by atoms with Crippen LogP contribution in [0.5, 0.6) is 5.75 Å². The number of pyridine rings is 1. The van der Waals surface area contributed by atoms with Crippen LogP contribution in [0.4, 0.5) is 4.39 Å². The summed E-state index contributed by atoms with van der Waals surface area (Å²) in [5.41, 5.74) is 0.989. The highest BCUT2D eigenvalue weighted by atomic mass is 35.5. The van der Waals surface area contributed by atoms with Gasteiger partial charge in [-0.2, -0.15) is 0 Å². The Morgan fingerprint density at radius 1 is 1.38 bits per heavy atom. The number of rotatable bonds is 4. The molecule has 1 amide bonds. The molecule has 1 N–H and O–H groups in total. The molecule has 0 saturated carbocycles. The third kappa shape index (κ3) is 4.03. The molecule has 3 rings (SSSR count). The molecule has 0 saturated heterocycles. The van der Waals surface area contributed by atoms with Gasteiger partial charge in [-0.25, -0.2) is 17.5 Å². The minimum Gasteiger partial charge on any atom is -0.489 e. The number of ether oxygens (including phenoxy) is 1. The fourth-order valence-corrected chi connectivity index (χ4v) is 3.90. The van der Waals surface area contributed by atoms with Gasteiger partial charge in [0, 0.05) is 24.3 Å². The second-order valence-corrected chi connectivity index (χ2v) is 7.86. The van der Waals surface area contributed by atoms with Crippen LogP contribution in [-0.4, -0.2) is 25.4 Å². The van der Waals surface area contributed by atoms with Crippen LogP contribution in [0.25, 0.3) is 6.08 Å². The van der Waals surface area contributed by atoms with Crippen LogP contribution >= 0.6 is 11.6 Å². The van der Waals surface area contributed by atoms with E-state index in [1.165, 1.54) is 24.4 Å². The third-order valence-electron chi connectivity index (χ3n) is 3.62. The first-order valence-corrected chi connectivity index (χ1v) is 9.45. The molecule has 0 aliphatic carbocycles. The monoisotopic (exact) mass is 396 g/mol. The van der Waals surface area contributed by atoms with Crippen LogP contribution in [-0.2, 0) is 21.2 Å². The first kappa shape index (κ1) is 18.3. The zero-order valence-corrected chi connectivity index (χ0v) is 15.1. The highest BCUT2D eigenvalue weighted by molar-refractivity contribution is 7.90. The lowest BCUT2D eigenvalue weighted by Gasteiger charge is -2.08. The Hall–Kier alpha value is -2.45. The summed E-state index contributed by atoms with van der Waals surface area (Å²) in [5.74, 6) is -0.983. The molecular formula is C17H14ClFN2O4S. The predicted octanol–water partition coefficient (Wildman–Crippen LogP) is 2.72. The highest BCUT2D eigenvalue weighted by Gasteiger charge is 2.26. The van der Waals surface area contributed by atoms with Crippen molar-refractivity contribution < 1.29 is 22.3 Å².